The van der Waals surface area contributed by atoms with Gasteiger partial charge in [0.05, 0.1) is 16.5 Å². The highest BCUT2D eigenvalue weighted by molar-refractivity contribution is 7.91. The first-order chi connectivity index (χ1) is 27.5. The zero-order valence-electron chi connectivity index (χ0n) is 31.4. The molecule has 2 saturated carbocycles. The van der Waals surface area contributed by atoms with Crippen LogP contribution in [-0.2, 0) is 24.4 Å². The van der Waals surface area contributed by atoms with Crippen molar-refractivity contribution >= 4 is 55.2 Å². The minimum atomic E-state index is -3.94. The SMILES string of the molecule is C=C[C@@H]1CC1(NC(=O)[C@@H]1[C@@H](Oc2nc(-c3ccccn3)nc3ccsc23)C2CCCCCCCC(NC(=O)c3cc(C)no3)C(=O)N1C2)C(=O)NS(=O)(=O)C1CC1. The van der Waals surface area contributed by atoms with E-state index in [-0.39, 0.29) is 30.5 Å². The lowest BCUT2D eigenvalue weighted by atomic mass is 9.94. The van der Waals surface area contributed by atoms with E-state index in [0.717, 1.165) is 25.7 Å². The summed E-state index contributed by atoms with van der Waals surface area (Å²) in [6, 6.07) is 6.36. The van der Waals surface area contributed by atoms with Crippen molar-refractivity contribution in [1.29, 1.82) is 0 Å². The molecule has 18 heteroatoms. The van der Waals surface area contributed by atoms with E-state index in [2.05, 4.69) is 32.1 Å². The summed E-state index contributed by atoms with van der Waals surface area (Å²) in [5.41, 5.74) is 0.0216. The molecule has 4 fully saturated rings. The number of nitrogens with zero attached hydrogens (tertiary/aromatic N) is 5. The Bertz CT molecular complexity index is 2310. The molecule has 3 unspecified atom stereocenters. The van der Waals surface area contributed by atoms with Crippen LogP contribution in [0.25, 0.3) is 21.7 Å². The normalized spacial score (nSPS) is 26.5. The summed E-state index contributed by atoms with van der Waals surface area (Å²) in [7, 11) is -3.94. The van der Waals surface area contributed by atoms with Crippen LogP contribution < -0.4 is 20.1 Å². The molecule has 4 aromatic heterocycles. The van der Waals surface area contributed by atoms with Crippen LogP contribution in [0.3, 0.4) is 0 Å². The van der Waals surface area contributed by atoms with Crippen molar-refractivity contribution in [2.75, 3.05) is 6.54 Å². The molecule has 0 aromatic carbocycles. The van der Waals surface area contributed by atoms with Gasteiger partial charge in [-0.15, -0.1) is 17.9 Å². The first-order valence-electron chi connectivity index (χ1n) is 19.4. The molecule has 57 heavy (non-hydrogen) atoms. The van der Waals surface area contributed by atoms with E-state index in [9.17, 15) is 27.6 Å². The zero-order chi connectivity index (χ0) is 39.9. The number of thiophene rings is 1. The second-order valence-corrected chi connectivity index (χ2v) is 18.2. The van der Waals surface area contributed by atoms with Crippen molar-refractivity contribution in [2.45, 2.75) is 100 Å². The second kappa shape index (κ2) is 15.6. The molecule has 0 radical (unpaired) electrons. The smallest absolute Gasteiger partial charge is 0.290 e. The molecular weight excluding hydrogens is 773 g/mol. The Morgan fingerprint density at radius 2 is 1.86 bits per heavy atom. The van der Waals surface area contributed by atoms with Crippen LogP contribution in [0.4, 0.5) is 0 Å². The predicted octanol–water partition coefficient (Wildman–Crippen LogP) is 3.84. The van der Waals surface area contributed by atoms with E-state index in [1.54, 1.807) is 25.3 Å². The lowest BCUT2D eigenvalue weighted by Crippen LogP contribution is -2.60. The summed E-state index contributed by atoms with van der Waals surface area (Å²) in [4.78, 5) is 72.4. The van der Waals surface area contributed by atoms with Crippen LogP contribution >= 0.6 is 11.3 Å². The summed E-state index contributed by atoms with van der Waals surface area (Å²) < 4.78 is 40.7. The highest BCUT2D eigenvalue weighted by atomic mass is 32.2. The van der Waals surface area contributed by atoms with Crippen molar-refractivity contribution in [1.82, 2.24) is 40.4 Å². The van der Waals surface area contributed by atoms with Gasteiger partial charge < -0.3 is 24.8 Å². The van der Waals surface area contributed by atoms with Gasteiger partial charge in [0.25, 0.3) is 11.8 Å². The fourth-order valence-electron chi connectivity index (χ4n) is 7.95. The molecule has 16 nitrogen and oxygen atoms in total. The van der Waals surface area contributed by atoms with Crippen molar-refractivity contribution < 1.29 is 36.9 Å². The molecule has 4 aliphatic rings. The van der Waals surface area contributed by atoms with E-state index in [0.29, 0.717) is 59.5 Å². The van der Waals surface area contributed by atoms with E-state index < -0.39 is 68.5 Å². The van der Waals surface area contributed by atoms with Crippen LogP contribution in [0.1, 0.15) is 80.5 Å². The van der Waals surface area contributed by atoms with Crippen molar-refractivity contribution in [3.63, 3.8) is 0 Å². The number of pyridine rings is 1. The Kier molecular flexibility index (Phi) is 10.6. The highest BCUT2D eigenvalue weighted by Crippen LogP contribution is 2.46. The van der Waals surface area contributed by atoms with Gasteiger partial charge in [-0.05, 0) is 62.6 Å². The zero-order valence-corrected chi connectivity index (χ0v) is 33.0. The van der Waals surface area contributed by atoms with Gasteiger partial charge in [-0.25, -0.2) is 13.4 Å². The maximum Gasteiger partial charge on any atom is 0.290 e. The van der Waals surface area contributed by atoms with Crippen molar-refractivity contribution in [2.24, 2.45) is 11.8 Å². The number of aryl methyl sites for hydroxylation is 1. The molecule has 8 rings (SSSR count). The number of ether oxygens (including phenoxy) is 1. The van der Waals surface area contributed by atoms with Gasteiger partial charge in [-0.3, -0.25) is 28.9 Å². The molecule has 4 aromatic rings. The molecule has 2 aliphatic heterocycles. The maximum absolute atomic E-state index is 15.0. The number of hydrogen-bond donors (Lipinski definition) is 3. The molecule has 0 spiro atoms. The fraction of sp³-hybridized carbons (Fsp3) is 0.487. The quantitative estimate of drug-likeness (QED) is 0.184. The summed E-state index contributed by atoms with van der Waals surface area (Å²) in [6.45, 7) is 5.62. The maximum atomic E-state index is 15.0. The average Bonchev–Trinajstić information content (AvgIpc) is 4.03. The van der Waals surface area contributed by atoms with E-state index in [1.807, 2.05) is 17.5 Å². The number of nitrogens with one attached hydrogen (secondary N) is 3. The van der Waals surface area contributed by atoms with Crippen molar-refractivity contribution in [3.8, 4) is 17.4 Å². The average molecular weight is 817 g/mol. The molecule has 4 amide bonds. The Balaban J connectivity index is 1.18. The number of sulfonamides is 1. The number of fused-ring (bicyclic) bond motifs is 3. The van der Waals surface area contributed by atoms with Crippen molar-refractivity contribution in [3.05, 3.63) is 66.0 Å². The van der Waals surface area contributed by atoms with Crippen LogP contribution in [0.5, 0.6) is 5.88 Å². The molecule has 3 N–H and O–H groups in total. The first-order valence-corrected chi connectivity index (χ1v) is 21.8. The van der Waals surface area contributed by atoms with Gasteiger partial charge in [0.2, 0.25) is 33.5 Å². The third kappa shape index (κ3) is 7.88. The third-order valence-electron chi connectivity index (χ3n) is 11.3. The van der Waals surface area contributed by atoms with Crippen LogP contribution in [0, 0.1) is 18.8 Å². The Labute approximate surface area is 333 Å². The van der Waals surface area contributed by atoms with Crippen LogP contribution in [0.15, 0.2) is 59.1 Å². The number of hydrogen-bond acceptors (Lipinski definition) is 13. The number of aromatic nitrogens is 4. The van der Waals surface area contributed by atoms with Gasteiger partial charge in [-0.1, -0.05) is 49.4 Å². The number of amides is 4. The lowest BCUT2D eigenvalue weighted by Gasteiger charge is -2.32. The Morgan fingerprint density at radius 1 is 1.07 bits per heavy atom. The molecule has 2 bridgehead atoms. The monoisotopic (exact) mass is 816 g/mol. The minimum Gasteiger partial charge on any atom is -0.470 e. The van der Waals surface area contributed by atoms with E-state index in [1.165, 1.54) is 28.4 Å². The number of rotatable bonds is 11. The van der Waals surface area contributed by atoms with Gasteiger partial charge in [0.15, 0.2) is 5.82 Å². The summed E-state index contributed by atoms with van der Waals surface area (Å²) in [5, 5.41) is 10.7. The minimum absolute atomic E-state index is 0.0491. The number of carbonyl (C=O) groups excluding carboxylic acids is 4. The molecule has 2 saturated heterocycles. The van der Waals surface area contributed by atoms with Gasteiger partial charge in [0.1, 0.15) is 34.1 Å². The lowest BCUT2D eigenvalue weighted by molar-refractivity contribution is -0.142. The summed E-state index contributed by atoms with van der Waals surface area (Å²) >= 11 is 1.37. The van der Waals surface area contributed by atoms with E-state index >= 15 is 0 Å². The van der Waals surface area contributed by atoms with Gasteiger partial charge >= 0.3 is 0 Å². The van der Waals surface area contributed by atoms with E-state index in [4.69, 9.17) is 19.2 Å². The van der Waals surface area contributed by atoms with Gasteiger partial charge in [-0.2, -0.15) is 4.98 Å². The first kappa shape index (κ1) is 38.6. The second-order valence-electron chi connectivity index (χ2n) is 15.4. The van der Waals surface area contributed by atoms with Crippen LogP contribution in [0.2, 0.25) is 0 Å². The highest BCUT2D eigenvalue weighted by Gasteiger charge is 2.63. The van der Waals surface area contributed by atoms with Crippen LogP contribution in [-0.4, -0.2) is 92.6 Å². The molecule has 300 valence electrons. The Hall–Kier alpha value is -5.23. The molecule has 6 atom stereocenters. The molecular formula is C39H44N8O8S2. The summed E-state index contributed by atoms with van der Waals surface area (Å²) in [6.07, 6.45) is 8.24. The predicted molar refractivity (Wildman–Crippen MR) is 208 cm³/mol. The largest absolute Gasteiger partial charge is 0.470 e. The third-order valence-corrected chi connectivity index (χ3v) is 14.0. The standard InChI is InChI=1S/C39H44N8O8S2/c1-3-24-20-39(24,38(51)46-57(52,53)25-14-15-25)44-35(49)30-31(54-36-32-26(16-18-56-32)41-33(43-36)27-12-9-10-17-40-27)23-11-7-5-4-6-8-13-28(37(50)47(30)21-23)42-34(48)29-19-22(2)45-55-29/h3,9-10,12,16-19,23-25,28,30-31H,1,4-8,11,13-15,20-21H2,2H3,(H,42,48)(H,44,49)(H,46,51)/t23?,24-,28?,30+,31+,39?/m1/s1. The summed E-state index contributed by atoms with van der Waals surface area (Å²) in [5.74, 6) is -3.12. The Morgan fingerprint density at radius 3 is 2.56 bits per heavy atom. The molecule has 6 heterocycles. The fourth-order valence-corrected chi connectivity index (χ4v) is 10.1. The topological polar surface area (TPSA) is 216 Å². The molecule has 2 aliphatic carbocycles. The number of carbonyl (C=O) groups is 4. The van der Waals surface area contributed by atoms with Gasteiger partial charge in [0, 0.05) is 30.6 Å².